The molecule has 0 unspecified atom stereocenters. The van der Waals surface area contributed by atoms with E-state index in [0.717, 1.165) is 24.2 Å². The minimum Gasteiger partial charge on any atom is -0.335 e. The quantitative estimate of drug-likeness (QED) is 0.788. The van der Waals surface area contributed by atoms with E-state index < -0.39 is 6.04 Å². The zero-order valence-electron chi connectivity index (χ0n) is 13.8. The average Bonchev–Trinajstić information content (AvgIpc) is 2.78. The Morgan fingerprint density at radius 1 is 1.04 bits per heavy atom. The van der Waals surface area contributed by atoms with Crippen LogP contribution in [0, 0.1) is 0 Å². The van der Waals surface area contributed by atoms with Crippen molar-refractivity contribution in [1.29, 1.82) is 0 Å². The fraction of sp³-hybridized carbons (Fsp3) is 0.500. The van der Waals surface area contributed by atoms with Gasteiger partial charge in [-0.05, 0) is 52.2 Å². The van der Waals surface area contributed by atoms with Crippen LogP contribution in [0.5, 0.6) is 0 Å². The average molecular weight is 314 g/mol. The van der Waals surface area contributed by atoms with E-state index in [0.29, 0.717) is 11.1 Å². The molecule has 1 fully saturated rings. The highest BCUT2D eigenvalue weighted by molar-refractivity contribution is 6.22. The summed E-state index contributed by atoms with van der Waals surface area (Å²) in [6, 6.07) is 6.25. The second kappa shape index (κ2) is 5.80. The van der Waals surface area contributed by atoms with Gasteiger partial charge in [0.15, 0.2) is 0 Å². The zero-order chi connectivity index (χ0) is 16.7. The number of nitrogens with zero attached hydrogens (tertiary/aromatic N) is 2. The van der Waals surface area contributed by atoms with Gasteiger partial charge in [0.05, 0.1) is 11.1 Å². The van der Waals surface area contributed by atoms with E-state index in [1.165, 1.54) is 0 Å². The molecule has 0 saturated carbocycles. The summed E-state index contributed by atoms with van der Waals surface area (Å²) in [7, 11) is 0. The van der Waals surface area contributed by atoms with E-state index in [1.807, 2.05) is 18.7 Å². The van der Waals surface area contributed by atoms with Crippen molar-refractivity contribution in [2.24, 2.45) is 0 Å². The van der Waals surface area contributed by atoms with Gasteiger partial charge in [0.1, 0.15) is 6.04 Å². The van der Waals surface area contributed by atoms with Crippen molar-refractivity contribution in [3.05, 3.63) is 35.4 Å². The third-order valence-corrected chi connectivity index (χ3v) is 5.02. The van der Waals surface area contributed by atoms with Crippen molar-refractivity contribution < 1.29 is 14.4 Å². The summed E-state index contributed by atoms with van der Waals surface area (Å²) < 4.78 is 0. The van der Waals surface area contributed by atoms with Gasteiger partial charge in [-0.15, -0.1) is 0 Å². The molecule has 0 spiro atoms. The summed E-state index contributed by atoms with van der Waals surface area (Å²) in [6.07, 6.45) is 3.03. The van der Waals surface area contributed by atoms with E-state index in [9.17, 15) is 14.4 Å². The molecule has 2 aliphatic heterocycles. The van der Waals surface area contributed by atoms with Crippen LogP contribution in [0.2, 0.25) is 0 Å². The number of carbonyl (C=O) groups is 3. The van der Waals surface area contributed by atoms with Crippen molar-refractivity contribution >= 4 is 17.7 Å². The normalized spacial score (nSPS) is 25.5. The highest BCUT2D eigenvalue weighted by Gasteiger charge is 2.43. The molecule has 122 valence electrons. The van der Waals surface area contributed by atoms with Crippen LogP contribution in [0.1, 0.15) is 60.7 Å². The van der Waals surface area contributed by atoms with Crippen LogP contribution in [-0.4, -0.2) is 45.6 Å². The second-order valence-electron chi connectivity index (χ2n) is 6.58. The minimum absolute atomic E-state index is 0.140. The Morgan fingerprint density at radius 2 is 1.52 bits per heavy atom. The smallest absolute Gasteiger partial charge is 0.262 e. The standard InChI is InChI=1S/C18H22N2O3/c1-11-7-6-8-12(2)19(11)16(21)13(3)20-17(22)14-9-4-5-10-15(14)18(20)23/h4-5,9-13H,6-8H2,1-3H3/t11-,12+,13-/m0/s1. The minimum atomic E-state index is -0.773. The van der Waals surface area contributed by atoms with Gasteiger partial charge in [0, 0.05) is 12.1 Å². The Morgan fingerprint density at radius 3 is 2.00 bits per heavy atom. The van der Waals surface area contributed by atoms with E-state index in [2.05, 4.69) is 0 Å². The molecule has 1 aromatic carbocycles. The summed E-state index contributed by atoms with van der Waals surface area (Å²) in [5.74, 6) is -0.883. The highest BCUT2D eigenvalue weighted by Crippen LogP contribution is 2.28. The molecule has 0 radical (unpaired) electrons. The van der Waals surface area contributed by atoms with Crippen molar-refractivity contribution in [2.45, 2.75) is 58.2 Å². The molecule has 0 aromatic heterocycles. The van der Waals surface area contributed by atoms with E-state index >= 15 is 0 Å². The first-order valence-electron chi connectivity index (χ1n) is 8.22. The molecular weight excluding hydrogens is 292 g/mol. The molecule has 3 atom stereocenters. The Bertz CT molecular complexity index is 625. The van der Waals surface area contributed by atoms with Crippen molar-refractivity contribution in [1.82, 2.24) is 9.80 Å². The van der Waals surface area contributed by atoms with Crippen LogP contribution in [0.3, 0.4) is 0 Å². The van der Waals surface area contributed by atoms with Crippen LogP contribution in [0.4, 0.5) is 0 Å². The predicted octanol–water partition coefficient (Wildman–Crippen LogP) is 2.46. The van der Waals surface area contributed by atoms with Crippen molar-refractivity contribution in [2.75, 3.05) is 0 Å². The van der Waals surface area contributed by atoms with E-state index in [-0.39, 0.29) is 29.8 Å². The topological polar surface area (TPSA) is 57.7 Å². The fourth-order valence-corrected chi connectivity index (χ4v) is 3.74. The number of likely N-dealkylation sites (tertiary alicyclic amines) is 1. The van der Waals surface area contributed by atoms with Gasteiger partial charge in [-0.25, -0.2) is 0 Å². The maximum Gasteiger partial charge on any atom is 0.262 e. The molecule has 2 heterocycles. The lowest BCUT2D eigenvalue weighted by Crippen LogP contribution is -2.55. The van der Waals surface area contributed by atoms with Gasteiger partial charge >= 0.3 is 0 Å². The number of imide groups is 1. The maximum absolute atomic E-state index is 12.9. The second-order valence-corrected chi connectivity index (χ2v) is 6.58. The van der Waals surface area contributed by atoms with Crippen LogP contribution in [-0.2, 0) is 4.79 Å². The van der Waals surface area contributed by atoms with Gasteiger partial charge in [0.25, 0.3) is 11.8 Å². The fourth-order valence-electron chi connectivity index (χ4n) is 3.74. The van der Waals surface area contributed by atoms with Crippen molar-refractivity contribution in [3.63, 3.8) is 0 Å². The first-order valence-corrected chi connectivity index (χ1v) is 8.22. The van der Waals surface area contributed by atoms with E-state index in [4.69, 9.17) is 0 Å². The SMILES string of the molecule is C[C@@H]1CCC[C@H](C)N1C(=O)[C@H](C)N1C(=O)c2ccccc2C1=O. The summed E-state index contributed by atoms with van der Waals surface area (Å²) in [5.41, 5.74) is 0.772. The predicted molar refractivity (Wildman–Crippen MR) is 86.0 cm³/mol. The van der Waals surface area contributed by atoms with Gasteiger partial charge in [-0.1, -0.05) is 12.1 Å². The van der Waals surface area contributed by atoms with Crippen LogP contribution in [0.25, 0.3) is 0 Å². The number of piperidine rings is 1. The van der Waals surface area contributed by atoms with E-state index in [1.54, 1.807) is 31.2 Å². The Labute approximate surface area is 136 Å². The zero-order valence-corrected chi connectivity index (χ0v) is 13.8. The molecule has 0 bridgehead atoms. The molecular formula is C18H22N2O3. The van der Waals surface area contributed by atoms with Gasteiger partial charge < -0.3 is 4.90 Å². The Kier molecular flexibility index (Phi) is 3.96. The largest absolute Gasteiger partial charge is 0.335 e. The molecule has 5 heteroatoms. The molecule has 3 rings (SSSR count). The van der Waals surface area contributed by atoms with Crippen molar-refractivity contribution in [3.8, 4) is 0 Å². The Hall–Kier alpha value is -2.17. The number of benzene rings is 1. The lowest BCUT2D eigenvalue weighted by molar-refractivity contribution is -0.141. The van der Waals surface area contributed by atoms with Gasteiger partial charge in [-0.2, -0.15) is 0 Å². The molecule has 0 N–H and O–H groups in total. The van der Waals surface area contributed by atoms with Crippen LogP contribution < -0.4 is 0 Å². The van der Waals surface area contributed by atoms with Gasteiger partial charge in [0.2, 0.25) is 5.91 Å². The lowest BCUT2D eigenvalue weighted by Gasteiger charge is -2.41. The molecule has 2 aliphatic rings. The number of hydrogen-bond acceptors (Lipinski definition) is 3. The molecule has 23 heavy (non-hydrogen) atoms. The van der Waals surface area contributed by atoms with Crippen LogP contribution >= 0.6 is 0 Å². The van der Waals surface area contributed by atoms with Crippen LogP contribution in [0.15, 0.2) is 24.3 Å². The lowest BCUT2D eigenvalue weighted by atomic mass is 9.96. The number of hydrogen-bond donors (Lipinski definition) is 0. The van der Waals surface area contributed by atoms with Gasteiger partial charge in [-0.3, -0.25) is 19.3 Å². The summed E-state index contributed by atoms with van der Waals surface area (Å²) in [6.45, 7) is 5.71. The maximum atomic E-state index is 12.9. The number of rotatable bonds is 2. The monoisotopic (exact) mass is 314 g/mol. The molecule has 3 amide bonds. The molecule has 1 saturated heterocycles. The molecule has 5 nitrogen and oxygen atoms in total. The first kappa shape index (κ1) is 15.7. The molecule has 1 aromatic rings. The summed E-state index contributed by atoms with van der Waals surface area (Å²) in [5, 5.41) is 0. The first-order chi connectivity index (χ1) is 10.9. The molecule has 0 aliphatic carbocycles. The third-order valence-electron chi connectivity index (χ3n) is 5.02. The third kappa shape index (κ3) is 2.44. The summed E-state index contributed by atoms with van der Waals surface area (Å²) >= 11 is 0. The highest BCUT2D eigenvalue weighted by atomic mass is 16.2. The number of carbonyl (C=O) groups excluding carboxylic acids is 3. The Balaban J connectivity index is 1.86. The summed E-state index contributed by atoms with van der Waals surface area (Å²) in [4.78, 5) is 41.0. The number of fused-ring (bicyclic) bond motifs is 1. The number of amides is 3.